The van der Waals surface area contributed by atoms with Gasteiger partial charge in [0, 0.05) is 17.7 Å². The molecule has 0 radical (unpaired) electrons. The van der Waals surface area contributed by atoms with Crippen LogP contribution in [0.2, 0.25) is 0 Å². The topological polar surface area (TPSA) is 29.3 Å². The molecule has 3 heteroatoms. The normalized spacial score (nSPS) is 17.8. The Morgan fingerprint density at radius 1 is 0.800 bits per heavy atom. The van der Waals surface area contributed by atoms with Crippen molar-refractivity contribution in [3.8, 4) is 0 Å². The minimum Gasteiger partial charge on any atom is -0.622 e. The average molecular weight is 328 g/mol. The van der Waals surface area contributed by atoms with Crippen molar-refractivity contribution in [1.82, 2.24) is 4.90 Å². The molecule has 0 aliphatic carbocycles. The molecule has 0 saturated heterocycles. The van der Waals surface area contributed by atoms with Crippen molar-refractivity contribution in [3.63, 3.8) is 0 Å². The fraction of sp³-hybridized carbons (Fsp3) is 0.136. The van der Waals surface area contributed by atoms with Crippen molar-refractivity contribution in [1.29, 1.82) is 0 Å². The summed E-state index contributed by atoms with van der Waals surface area (Å²) >= 11 is 0. The van der Waals surface area contributed by atoms with E-state index in [-0.39, 0.29) is 6.17 Å². The molecule has 0 saturated carbocycles. The van der Waals surface area contributed by atoms with Gasteiger partial charge in [0.15, 0.2) is 0 Å². The molecule has 4 rings (SSSR count). The van der Waals surface area contributed by atoms with Gasteiger partial charge in [0.1, 0.15) is 0 Å². The Hall–Kier alpha value is -2.91. The van der Waals surface area contributed by atoms with Crippen LogP contribution in [0.5, 0.6) is 0 Å². The Balaban J connectivity index is 1.72. The molecule has 1 unspecified atom stereocenters. The predicted molar refractivity (Wildman–Crippen MR) is 100 cm³/mol. The van der Waals surface area contributed by atoms with Gasteiger partial charge in [0.05, 0.1) is 6.54 Å². The van der Waals surface area contributed by atoms with E-state index in [9.17, 15) is 5.21 Å². The zero-order valence-electron chi connectivity index (χ0n) is 14.0. The van der Waals surface area contributed by atoms with E-state index >= 15 is 0 Å². The van der Waals surface area contributed by atoms with Crippen LogP contribution >= 0.6 is 0 Å². The summed E-state index contributed by atoms with van der Waals surface area (Å²) in [7, 11) is 0. The first kappa shape index (κ1) is 15.6. The summed E-state index contributed by atoms with van der Waals surface area (Å²) in [6.07, 6.45) is -0.295. The summed E-state index contributed by atoms with van der Waals surface area (Å²) in [6.45, 7) is 1.39. The largest absolute Gasteiger partial charge is 0.622 e. The lowest BCUT2D eigenvalue weighted by atomic mass is 10.1. The summed E-state index contributed by atoms with van der Waals surface area (Å²) in [5.41, 5.74) is 4.06. The first-order chi connectivity index (χ1) is 12.3. The summed E-state index contributed by atoms with van der Waals surface area (Å²) in [4.78, 5) is 2.24. The monoisotopic (exact) mass is 328 g/mol. The third-order valence-corrected chi connectivity index (χ3v) is 4.62. The fourth-order valence-electron chi connectivity index (χ4n) is 3.43. The van der Waals surface area contributed by atoms with Crippen molar-refractivity contribution in [2.45, 2.75) is 12.7 Å². The third kappa shape index (κ3) is 3.19. The fourth-order valence-corrected chi connectivity index (χ4v) is 3.43. The Morgan fingerprint density at radius 2 is 1.36 bits per heavy atom. The maximum absolute atomic E-state index is 13.1. The molecule has 1 heterocycles. The number of benzene rings is 3. The van der Waals surface area contributed by atoms with Gasteiger partial charge in [-0.2, -0.15) is 4.74 Å². The van der Waals surface area contributed by atoms with Crippen molar-refractivity contribution < 1.29 is 4.74 Å². The molecule has 124 valence electrons. The van der Waals surface area contributed by atoms with E-state index in [4.69, 9.17) is 0 Å². The minimum absolute atomic E-state index is 0.295. The Labute approximate surface area is 148 Å². The van der Waals surface area contributed by atoms with Crippen LogP contribution in [-0.2, 0) is 6.54 Å². The first-order valence-electron chi connectivity index (χ1n) is 8.53. The standard InChI is InChI=1S/C22H20N2O/c25-24-21(19-12-6-2-7-13-19)17-23(16-18-10-4-1-5-11-18)22(24)20-14-8-3-9-15-20/h1-15,22H,16-17H2. The van der Waals surface area contributed by atoms with Gasteiger partial charge in [0.2, 0.25) is 11.9 Å². The van der Waals surface area contributed by atoms with Crippen LogP contribution in [0.1, 0.15) is 22.9 Å². The highest BCUT2D eigenvalue weighted by Gasteiger charge is 2.38. The summed E-state index contributed by atoms with van der Waals surface area (Å²) in [5.74, 6) is 0. The lowest BCUT2D eigenvalue weighted by Crippen LogP contribution is -2.27. The Bertz CT molecular complexity index is 860. The van der Waals surface area contributed by atoms with Gasteiger partial charge in [0.25, 0.3) is 0 Å². The first-order valence-corrected chi connectivity index (χ1v) is 8.53. The molecule has 1 aliphatic rings. The van der Waals surface area contributed by atoms with E-state index in [0.29, 0.717) is 6.54 Å². The zero-order chi connectivity index (χ0) is 17.1. The molecule has 3 aromatic carbocycles. The third-order valence-electron chi connectivity index (χ3n) is 4.62. The molecule has 1 aliphatic heterocycles. The van der Waals surface area contributed by atoms with Crippen LogP contribution in [0.15, 0.2) is 91.0 Å². The smallest absolute Gasteiger partial charge is 0.246 e. The van der Waals surface area contributed by atoms with Crippen molar-refractivity contribution in [3.05, 3.63) is 113 Å². The van der Waals surface area contributed by atoms with Gasteiger partial charge >= 0.3 is 0 Å². The van der Waals surface area contributed by atoms with E-state index in [0.717, 1.165) is 23.4 Å². The molecule has 25 heavy (non-hydrogen) atoms. The average Bonchev–Trinajstić information content (AvgIpc) is 3.00. The molecule has 3 nitrogen and oxygen atoms in total. The molecule has 0 aromatic heterocycles. The molecule has 0 bridgehead atoms. The number of hydrogen-bond acceptors (Lipinski definition) is 2. The van der Waals surface area contributed by atoms with Crippen molar-refractivity contribution in [2.24, 2.45) is 0 Å². The SMILES string of the molecule is [O-][N+]1=C(c2ccccc2)CN(Cc2ccccc2)C1c1ccccc1. The second-order valence-electron chi connectivity index (χ2n) is 6.31. The molecule has 0 amide bonds. The van der Waals surface area contributed by atoms with Gasteiger partial charge in [-0.1, -0.05) is 78.9 Å². The second-order valence-corrected chi connectivity index (χ2v) is 6.31. The summed E-state index contributed by atoms with van der Waals surface area (Å²) < 4.78 is 1.17. The van der Waals surface area contributed by atoms with Crippen LogP contribution in [0.4, 0.5) is 0 Å². The minimum atomic E-state index is -0.295. The molecule has 3 aromatic rings. The maximum Gasteiger partial charge on any atom is 0.246 e. The zero-order valence-corrected chi connectivity index (χ0v) is 14.0. The molecule has 0 spiro atoms. The highest BCUT2D eigenvalue weighted by molar-refractivity contribution is 5.99. The molecular formula is C22H20N2O. The molecule has 0 fully saturated rings. The van der Waals surface area contributed by atoms with E-state index in [1.54, 1.807) is 0 Å². The van der Waals surface area contributed by atoms with Crippen LogP contribution < -0.4 is 0 Å². The predicted octanol–water partition coefficient (Wildman–Crippen LogP) is 4.20. The number of nitrogens with zero attached hydrogens (tertiary/aromatic N) is 2. The van der Waals surface area contributed by atoms with Crippen LogP contribution in [0.3, 0.4) is 0 Å². The second kappa shape index (κ2) is 6.91. The number of hydroxylamine groups is 1. The Kier molecular flexibility index (Phi) is 4.32. The van der Waals surface area contributed by atoms with Crippen LogP contribution in [-0.4, -0.2) is 21.9 Å². The van der Waals surface area contributed by atoms with Crippen molar-refractivity contribution >= 4 is 5.71 Å². The van der Waals surface area contributed by atoms with Crippen molar-refractivity contribution in [2.75, 3.05) is 6.54 Å². The van der Waals surface area contributed by atoms with Gasteiger partial charge in [-0.15, -0.1) is 0 Å². The molecular weight excluding hydrogens is 308 g/mol. The molecule has 0 N–H and O–H groups in total. The van der Waals surface area contributed by atoms with E-state index < -0.39 is 0 Å². The molecule has 1 atom stereocenters. The Morgan fingerprint density at radius 3 is 2.00 bits per heavy atom. The maximum atomic E-state index is 13.1. The van der Waals surface area contributed by atoms with Gasteiger partial charge in [-0.05, 0) is 17.7 Å². The lowest BCUT2D eigenvalue weighted by Gasteiger charge is -2.22. The number of rotatable bonds is 4. The van der Waals surface area contributed by atoms with Gasteiger partial charge < -0.3 is 5.21 Å². The van der Waals surface area contributed by atoms with Crippen LogP contribution in [0, 0.1) is 5.21 Å². The highest BCUT2D eigenvalue weighted by atomic mass is 16.5. The lowest BCUT2D eigenvalue weighted by molar-refractivity contribution is -0.523. The van der Waals surface area contributed by atoms with Gasteiger partial charge in [-0.25, -0.2) is 4.90 Å². The van der Waals surface area contributed by atoms with Crippen LogP contribution in [0.25, 0.3) is 0 Å². The highest BCUT2D eigenvalue weighted by Crippen LogP contribution is 2.29. The summed E-state index contributed by atoms with van der Waals surface area (Å²) in [6, 6.07) is 30.3. The van der Waals surface area contributed by atoms with E-state index in [1.165, 1.54) is 10.3 Å². The number of hydrogen-bond donors (Lipinski definition) is 0. The summed E-state index contributed by atoms with van der Waals surface area (Å²) in [5, 5.41) is 13.1. The van der Waals surface area contributed by atoms with E-state index in [1.807, 2.05) is 78.9 Å². The van der Waals surface area contributed by atoms with Gasteiger partial charge in [-0.3, -0.25) is 0 Å². The van der Waals surface area contributed by atoms with E-state index in [2.05, 4.69) is 17.0 Å². The quantitative estimate of drug-likeness (QED) is 0.530.